The van der Waals surface area contributed by atoms with Crippen LogP contribution in [0.2, 0.25) is 0 Å². The summed E-state index contributed by atoms with van der Waals surface area (Å²) in [5.41, 5.74) is 3.79. The number of hydrogen-bond acceptors (Lipinski definition) is 8. The van der Waals surface area contributed by atoms with Gasteiger partial charge in [0.1, 0.15) is 11.2 Å². The number of H-pyrrole nitrogens is 1. The Morgan fingerprint density at radius 3 is 1.63 bits per heavy atom. The predicted octanol–water partition coefficient (Wildman–Crippen LogP) is 9.49. The van der Waals surface area contributed by atoms with Crippen LogP contribution in [0.15, 0.2) is 67.3 Å². The Kier molecular flexibility index (Phi) is 13.6. The second-order valence-electron chi connectivity index (χ2n) is 16.7. The number of carbonyl (C=O) groups is 2. The fourth-order valence-corrected chi connectivity index (χ4v) is 8.45. The number of amides is 2. The molecule has 2 aliphatic heterocycles. The molecule has 4 aromatic heterocycles. The van der Waals surface area contributed by atoms with Gasteiger partial charge >= 0.3 is 23.6 Å². The van der Waals surface area contributed by atoms with Crippen molar-refractivity contribution >= 4 is 111 Å². The fourth-order valence-electron chi connectivity index (χ4n) is 7.73. The Morgan fingerprint density at radius 2 is 1.15 bits per heavy atom. The number of aromatic nitrogens is 6. The van der Waals surface area contributed by atoms with Crippen molar-refractivity contribution in [2.75, 3.05) is 31.1 Å². The van der Waals surface area contributed by atoms with Gasteiger partial charge in [0, 0.05) is 65.0 Å². The minimum absolute atomic E-state index is 0.0181. The number of aryl methyl sites for hydroxylation is 1. The molecule has 316 valence electrons. The van der Waals surface area contributed by atoms with Crippen LogP contribution in [0.5, 0.6) is 0 Å². The molecule has 0 saturated carbocycles. The lowest BCUT2D eigenvalue weighted by molar-refractivity contribution is 0.0178. The maximum absolute atomic E-state index is 13.1. The number of ether oxygens (including phenoxy) is 2. The molecule has 6 aromatic rings. The summed E-state index contributed by atoms with van der Waals surface area (Å²) in [4.78, 5) is 67.8. The number of piperidine rings is 2. The number of pyridine rings is 2. The van der Waals surface area contributed by atoms with Crippen LogP contribution in [-0.2, 0) is 16.5 Å². The van der Waals surface area contributed by atoms with Crippen molar-refractivity contribution in [3.05, 3.63) is 78.7 Å². The summed E-state index contributed by atoms with van der Waals surface area (Å²) in [5, 5.41) is 1.88. The molecule has 0 atom stereocenters. The number of nitrogens with zero attached hydrogens (tertiary/aromatic N) is 7. The van der Waals surface area contributed by atoms with Gasteiger partial charge in [0.2, 0.25) is 0 Å². The summed E-state index contributed by atoms with van der Waals surface area (Å²) < 4.78 is 18.2. The van der Waals surface area contributed by atoms with Gasteiger partial charge in [-0.3, -0.25) is 23.7 Å². The summed E-state index contributed by atoms with van der Waals surface area (Å²) >= 11 is 9.19. The Bertz CT molecular complexity index is 2620. The fraction of sp³-hybridized carbons (Fsp3) is 0.476. The van der Waals surface area contributed by atoms with E-state index in [2.05, 4.69) is 69.4 Å². The van der Waals surface area contributed by atoms with Crippen LogP contribution < -0.4 is 11.4 Å². The van der Waals surface area contributed by atoms with Gasteiger partial charge in [0.25, 0.3) is 0 Å². The van der Waals surface area contributed by atoms with E-state index in [1.54, 1.807) is 33.8 Å². The summed E-state index contributed by atoms with van der Waals surface area (Å²) in [6.45, 7) is 13.4. The second kappa shape index (κ2) is 17.9. The zero-order chi connectivity index (χ0) is 43.0. The standard InChI is InChI=1S/C21H25BrN4O3.C20H23BrN4O3.CH3I/c1-21(2,3)29-20(28)25-9-7-14(8-10-25)26-18-15-11-13(22)5-6-16(15)23-12-17(18)24(4)19(26)27;1-20(2,3)28-19(27)24-8-6-13(7-9-24)25-17-14-10-12(21)4-5-15(14)22-11-16(17)23-18(25)26;1-2/h5-6,11-12,14H,7-10H2,1-4H3;4-5,10-11,13H,6-9H2,1-3H3,(H,23,26);1H3. The minimum atomic E-state index is -0.514. The molecule has 2 aromatic carbocycles. The number of fused-ring (bicyclic) bond motifs is 6. The van der Waals surface area contributed by atoms with Crippen LogP contribution in [0.1, 0.15) is 79.3 Å². The van der Waals surface area contributed by atoms with Gasteiger partial charge in [-0.1, -0.05) is 54.5 Å². The van der Waals surface area contributed by atoms with E-state index in [1.807, 2.05) is 92.0 Å². The zero-order valence-electron chi connectivity index (χ0n) is 34.6. The maximum Gasteiger partial charge on any atom is 0.410 e. The normalized spacial score (nSPS) is 15.6. The van der Waals surface area contributed by atoms with E-state index in [9.17, 15) is 19.2 Å². The van der Waals surface area contributed by atoms with Crippen molar-refractivity contribution in [2.24, 2.45) is 7.05 Å². The average Bonchev–Trinajstić information content (AvgIpc) is 3.66. The molecule has 0 bridgehead atoms. The first-order valence-corrected chi connectivity index (χ1v) is 23.3. The number of imidazole rings is 2. The number of benzene rings is 2. The van der Waals surface area contributed by atoms with Crippen LogP contribution in [0.4, 0.5) is 9.59 Å². The van der Waals surface area contributed by atoms with E-state index in [0.717, 1.165) is 52.8 Å². The van der Waals surface area contributed by atoms with Crippen LogP contribution in [0, 0.1) is 0 Å². The summed E-state index contributed by atoms with van der Waals surface area (Å²) in [6, 6.07) is 11.8. The van der Waals surface area contributed by atoms with Gasteiger partial charge in [-0.2, -0.15) is 0 Å². The molecule has 0 spiro atoms. The average molecular weight is 1050 g/mol. The van der Waals surface area contributed by atoms with E-state index in [1.165, 1.54) is 0 Å². The number of rotatable bonds is 2. The van der Waals surface area contributed by atoms with Gasteiger partial charge < -0.3 is 24.3 Å². The first kappa shape index (κ1) is 44.6. The highest BCUT2D eigenvalue weighted by atomic mass is 127. The molecule has 17 heteroatoms. The van der Waals surface area contributed by atoms with Crippen LogP contribution in [0.25, 0.3) is 43.9 Å². The van der Waals surface area contributed by atoms with Crippen molar-refractivity contribution in [2.45, 2.75) is 90.5 Å². The summed E-state index contributed by atoms with van der Waals surface area (Å²) in [5.74, 6) is 0. The van der Waals surface area contributed by atoms with Gasteiger partial charge in [-0.15, -0.1) is 0 Å². The van der Waals surface area contributed by atoms with Crippen LogP contribution in [-0.4, -0.2) is 93.0 Å². The molecule has 2 fully saturated rings. The lowest BCUT2D eigenvalue weighted by Crippen LogP contribution is -2.43. The van der Waals surface area contributed by atoms with Crippen molar-refractivity contribution in [3.63, 3.8) is 0 Å². The number of hydrogen-bond donors (Lipinski definition) is 1. The Morgan fingerprint density at radius 1 is 0.712 bits per heavy atom. The predicted molar refractivity (Wildman–Crippen MR) is 248 cm³/mol. The number of nitrogens with one attached hydrogen (secondary N) is 1. The van der Waals surface area contributed by atoms with Gasteiger partial charge in [0.05, 0.1) is 45.5 Å². The molecule has 8 rings (SSSR count). The maximum atomic E-state index is 13.1. The number of carbonyl (C=O) groups excluding carboxylic acids is 2. The van der Waals surface area contributed by atoms with E-state index in [-0.39, 0.29) is 35.6 Å². The smallest absolute Gasteiger partial charge is 0.410 e. The molecule has 59 heavy (non-hydrogen) atoms. The van der Waals surface area contributed by atoms with E-state index in [4.69, 9.17) is 9.47 Å². The van der Waals surface area contributed by atoms with E-state index >= 15 is 0 Å². The van der Waals surface area contributed by atoms with Gasteiger partial charge in [0.15, 0.2) is 0 Å². The third-order valence-corrected chi connectivity index (χ3v) is 11.3. The highest BCUT2D eigenvalue weighted by Crippen LogP contribution is 2.33. The monoisotopic (exact) mass is 1050 g/mol. The van der Waals surface area contributed by atoms with Gasteiger partial charge in [-0.25, -0.2) is 19.2 Å². The number of alkyl halides is 1. The molecule has 2 aliphatic rings. The van der Waals surface area contributed by atoms with Crippen molar-refractivity contribution in [1.29, 1.82) is 0 Å². The summed E-state index contributed by atoms with van der Waals surface area (Å²) in [7, 11) is 1.78. The van der Waals surface area contributed by atoms with E-state index in [0.29, 0.717) is 51.9 Å². The highest BCUT2D eigenvalue weighted by molar-refractivity contribution is 14.1. The van der Waals surface area contributed by atoms with Gasteiger partial charge in [-0.05, 0) is 109 Å². The molecule has 1 N–H and O–H groups in total. The van der Waals surface area contributed by atoms with Crippen molar-refractivity contribution in [3.8, 4) is 0 Å². The molecule has 6 heterocycles. The van der Waals surface area contributed by atoms with Crippen molar-refractivity contribution in [1.82, 2.24) is 38.5 Å². The number of likely N-dealkylation sites (tertiary alicyclic amines) is 2. The Balaban J connectivity index is 0.000000191. The molecular weight excluding hydrogens is 999 g/mol. The zero-order valence-corrected chi connectivity index (χ0v) is 40.0. The lowest BCUT2D eigenvalue weighted by Gasteiger charge is -2.33. The molecule has 2 amide bonds. The van der Waals surface area contributed by atoms with Crippen LogP contribution >= 0.6 is 54.5 Å². The molecule has 2 saturated heterocycles. The van der Waals surface area contributed by atoms with E-state index < -0.39 is 11.2 Å². The molecule has 0 aliphatic carbocycles. The third kappa shape index (κ3) is 9.82. The third-order valence-electron chi connectivity index (χ3n) is 10.3. The number of halogens is 3. The Labute approximate surface area is 373 Å². The first-order chi connectivity index (χ1) is 27.9. The molecular formula is C42H51Br2IN8O6. The Hall–Kier alpha value is -3.97. The molecule has 0 unspecified atom stereocenters. The second-order valence-corrected chi connectivity index (χ2v) is 18.6. The topological polar surface area (TPSA) is 150 Å². The van der Waals surface area contributed by atoms with Crippen LogP contribution in [0.3, 0.4) is 0 Å². The first-order valence-electron chi connectivity index (χ1n) is 19.6. The molecule has 14 nitrogen and oxygen atoms in total. The SMILES string of the molecule is CC(C)(C)OC(=O)N1CCC(n2c(=O)[nH]c3cnc4ccc(Br)cc4c32)CC1.CI.Cn1c(=O)n(C2CCN(C(=O)OC(C)(C)C)CC2)c2c3cc(Br)ccc3ncc21. The molecule has 0 radical (unpaired) electrons. The summed E-state index contributed by atoms with van der Waals surface area (Å²) in [6.07, 6.45) is 5.69. The lowest BCUT2D eigenvalue weighted by atomic mass is 10.0. The highest BCUT2D eigenvalue weighted by Gasteiger charge is 2.31. The quantitative estimate of drug-likeness (QED) is 0.133. The minimum Gasteiger partial charge on any atom is -0.444 e. The largest absolute Gasteiger partial charge is 0.444 e. The number of aromatic amines is 1. The van der Waals surface area contributed by atoms with Crippen molar-refractivity contribution < 1.29 is 19.1 Å².